The van der Waals surface area contributed by atoms with Crippen molar-refractivity contribution in [3.05, 3.63) is 0 Å². The van der Waals surface area contributed by atoms with Gasteiger partial charge in [0.25, 0.3) is 0 Å². The summed E-state index contributed by atoms with van der Waals surface area (Å²) in [6.07, 6.45) is 0.272. The van der Waals surface area contributed by atoms with Crippen LogP contribution in [-0.2, 0) is 14.0 Å². The van der Waals surface area contributed by atoms with E-state index in [0.29, 0.717) is 13.0 Å². The van der Waals surface area contributed by atoms with Crippen LogP contribution in [0.1, 0.15) is 41.0 Å². The minimum Gasteiger partial charge on any atom is -0.467 e. The highest BCUT2D eigenvalue weighted by Crippen LogP contribution is 2.42. The average Bonchev–Trinajstić information content (AvgIpc) is 2.83. The zero-order chi connectivity index (χ0) is 16.5. The van der Waals surface area contributed by atoms with E-state index in [9.17, 15) is 4.79 Å². The average molecular weight is 315 g/mol. The molecule has 0 saturated heterocycles. The zero-order valence-corrected chi connectivity index (χ0v) is 15.7. The third kappa shape index (κ3) is 3.53. The Labute approximate surface area is 129 Å². The van der Waals surface area contributed by atoms with Gasteiger partial charge in [-0.15, -0.1) is 0 Å². The van der Waals surface area contributed by atoms with Gasteiger partial charge in [-0.2, -0.15) is 10.2 Å². The number of hydrogen-bond donors (Lipinski definition) is 0. The van der Waals surface area contributed by atoms with Crippen LogP contribution in [0.25, 0.3) is 0 Å². The predicted octanol–water partition coefficient (Wildman–Crippen LogP) is 3.80. The molecule has 0 aromatic rings. The van der Waals surface area contributed by atoms with Gasteiger partial charge >= 0.3 is 5.97 Å². The molecule has 0 aromatic carbocycles. The topological polar surface area (TPSA) is 60.2 Å². The molecule has 0 amide bonds. The van der Waals surface area contributed by atoms with Gasteiger partial charge in [-0.25, -0.2) is 4.79 Å². The highest BCUT2D eigenvalue weighted by atomic mass is 28.4. The van der Waals surface area contributed by atoms with Crippen molar-refractivity contribution in [1.29, 1.82) is 0 Å². The monoisotopic (exact) mass is 314 g/mol. The number of carbonyl (C=O) groups excluding carboxylic acids is 1. The van der Waals surface area contributed by atoms with Crippen molar-refractivity contribution in [3.63, 3.8) is 0 Å². The SMILES string of the molecule is COC(=O)[C@@]1([C@H](O[Si](C)(C)C(C)(C)C)C(C)C)CCN=N1. The van der Waals surface area contributed by atoms with E-state index in [1.165, 1.54) is 7.11 Å². The molecule has 0 aromatic heterocycles. The maximum Gasteiger partial charge on any atom is 0.338 e. The molecule has 21 heavy (non-hydrogen) atoms. The summed E-state index contributed by atoms with van der Waals surface area (Å²) in [5.41, 5.74) is -0.974. The van der Waals surface area contributed by atoms with Crippen LogP contribution < -0.4 is 0 Å². The summed E-state index contributed by atoms with van der Waals surface area (Å²) in [6.45, 7) is 15.7. The van der Waals surface area contributed by atoms with Crippen LogP contribution in [0.5, 0.6) is 0 Å². The van der Waals surface area contributed by atoms with E-state index in [1.54, 1.807) is 0 Å². The zero-order valence-electron chi connectivity index (χ0n) is 14.7. The second kappa shape index (κ2) is 6.16. The molecule has 0 unspecified atom stereocenters. The van der Waals surface area contributed by atoms with Crippen molar-refractivity contribution in [1.82, 2.24) is 0 Å². The van der Waals surface area contributed by atoms with Crippen molar-refractivity contribution in [2.45, 2.75) is 70.8 Å². The van der Waals surface area contributed by atoms with Gasteiger partial charge in [-0.05, 0) is 24.1 Å². The van der Waals surface area contributed by atoms with Gasteiger partial charge in [0, 0.05) is 6.42 Å². The summed E-state index contributed by atoms with van der Waals surface area (Å²) in [7, 11) is -0.609. The molecule has 0 fully saturated rings. The number of nitrogens with zero attached hydrogens (tertiary/aromatic N) is 2. The third-order valence-corrected chi connectivity index (χ3v) is 9.14. The van der Waals surface area contributed by atoms with Crippen LogP contribution in [0.15, 0.2) is 10.2 Å². The Morgan fingerprint density at radius 3 is 2.19 bits per heavy atom. The summed E-state index contributed by atoms with van der Waals surface area (Å²) in [5.74, 6) is -0.170. The molecule has 0 bridgehead atoms. The second-order valence-corrected chi connectivity index (χ2v) is 12.4. The summed E-state index contributed by atoms with van der Waals surface area (Å²) in [4.78, 5) is 12.4. The van der Waals surface area contributed by atoms with Crippen LogP contribution in [0.3, 0.4) is 0 Å². The van der Waals surface area contributed by atoms with Crippen molar-refractivity contribution < 1.29 is 14.0 Å². The molecule has 1 aliphatic rings. The van der Waals surface area contributed by atoms with E-state index in [1.807, 2.05) is 0 Å². The molecule has 2 atom stereocenters. The fraction of sp³-hybridized carbons (Fsp3) is 0.933. The lowest BCUT2D eigenvalue weighted by atomic mass is 9.84. The first-order valence-corrected chi connectivity index (χ1v) is 10.5. The van der Waals surface area contributed by atoms with Gasteiger partial charge in [-0.3, -0.25) is 0 Å². The Morgan fingerprint density at radius 2 is 1.86 bits per heavy atom. The fourth-order valence-corrected chi connectivity index (χ4v) is 3.82. The first-order chi connectivity index (χ1) is 9.48. The lowest BCUT2D eigenvalue weighted by Crippen LogP contribution is -2.56. The lowest BCUT2D eigenvalue weighted by Gasteiger charge is -2.44. The van der Waals surface area contributed by atoms with E-state index in [0.717, 1.165) is 0 Å². The van der Waals surface area contributed by atoms with Gasteiger partial charge in [0.1, 0.15) is 0 Å². The molecular formula is C15H30N2O3Si. The van der Waals surface area contributed by atoms with E-state index in [-0.39, 0.29) is 23.0 Å². The van der Waals surface area contributed by atoms with E-state index < -0.39 is 13.9 Å². The third-order valence-electron chi connectivity index (χ3n) is 4.68. The highest BCUT2D eigenvalue weighted by Gasteiger charge is 2.54. The number of rotatable bonds is 5. The first kappa shape index (κ1) is 18.3. The van der Waals surface area contributed by atoms with Crippen molar-refractivity contribution in [2.24, 2.45) is 16.1 Å². The van der Waals surface area contributed by atoms with Gasteiger partial charge in [0.15, 0.2) is 8.32 Å². The number of methoxy groups -OCH3 is 1. The van der Waals surface area contributed by atoms with Crippen molar-refractivity contribution in [3.8, 4) is 0 Å². The van der Waals surface area contributed by atoms with Crippen molar-refractivity contribution in [2.75, 3.05) is 13.7 Å². The van der Waals surface area contributed by atoms with Crippen molar-refractivity contribution >= 4 is 14.3 Å². The number of carbonyl (C=O) groups is 1. The molecule has 1 aliphatic heterocycles. The molecule has 6 heteroatoms. The van der Waals surface area contributed by atoms with Crippen LogP contribution in [0, 0.1) is 5.92 Å². The van der Waals surface area contributed by atoms with Crippen LogP contribution in [0.2, 0.25) is 18.1 Å². The molecule has 5 nitrogen and oxygen atoms in total. The molecule has 1 rings (SSSR count). The first-order valence-electron chi connectivity index (χ1n) is 7.63. The van der Waals surface area contributed by atoms with Gasteiger partial charge in [0.05, 0.1) is 19.8 Å². The molecular weight excluding hydrogens is 284 g/mol. The lowest BCUT2D eigenvalue weighted by molar-refractivity contribution is -0.152. The predicted molar refractivity (Wildman–Crippen MR) is 86.0 cm³/mol. The molecule has 0 aliphatic carbocycles. The number of ether oxygens (including phenoxy) is 1. The Balaban J connectivity index is 3.17. The van der Waals surface area contributed by atoms with Gasteiger partial charge in [-0.1, -0.05) is 34.6 Å². The van der Waals surface area contributed by atoms with Crippen LogP contribution in [-0.4, -0.2) is 39.6 Å². The maximum atomic E-state index is 12.4. The molecule has 0 saturated carbocycles. The smallest absolute Gasteiger partial charge is 0.338 e. The fourth-order valence-electron chi connectivity index (χ4n) is 2.36. The van der Waals surface area contributed by atoms with Gasteiger partial charge in [0.2, 0.25) is 5.54 Å². The maximum absolute atomic E-state index is 12.4. The largest absolute Gasteiger partial charge is 0.467 e. The van der Waals surface area contributed by atoms with Crippen LogP contribution >= 0.6 is 0 Å². The van der Waals surface area contributed by atoms with E-state index in [4.69, 9.17) is 9.16 Å². The number of esters is 1. The Kier molecular flexibility index (Phi) is 5.37. The molecule has 122 valence electrons. The Morgan fingerprint density at radius 1 is 1.29 bits per heavy atom. The standard InChI is InChI=1S/C15H30N2O3Si/c1-11(2)12(20-21(7,8)14(3,4)5)15(13(18)19-6)9-10-16-17-15/h11-12H,9-10H2,1-8H3/t12-,15+/m1/s1. The summed E-state index contributed by atoms with van der Waals surface area (Å²) >= 11 is 0. The molecule has 1 heterocycles. The highest BCUT2D eigenvalue weighted by molar-refractivity contribution is 6.74. The minimum atomic E-state index is -2.01. The summed E-state index contributed by atoms with van der Waals surface area (Å²) in [5, 5.41) is 8.41. The number of hydrogen-bond acceptors (Lipinski definition) is 5. The van der Waals surface area contributed by atoms with Crippen LogP contribution in [0.4, 0.5) is 0 Å². The Hall–Kier alpha value is -0.753. The summed E-state index contributed by atoms with van der Waals surface area (Å²) < 4.78 is 11.6. The van der Waals surface area contributed by atoms with Gasteiger partial charge < -0.3 is 9.16 Å². The summed E-state index contributed by atoms with van der Waals surface area (Å²) in [6, 6.07) is 0. The minimum absolute atomic E-state index is 0.0766. The quantitative estimate of drug-likeness (QED) is 0.573. The molecule has 0 N–H and O–H groups in total. The van der Waals surface area contributed by atoms with E-state index in [2.05, 4.69) is 57.9 Å². The molecule has 0 spiro atoms. The van der Waals surface area contributed by atoms with E-state index >= 15 is 0 Å². The molecule has 0 radical (unpaired) electrons. The normalized spacial score (nSPS) is 24.4. The number of azo groups is 1. The Bertz CT molecular complexity index is 416. The second-order valence-electron chi connectivity index (χ2n) is 7.67.